The molecule has 0 amide bonds. The zero-order valence-corrected chi connectivity index (χ0v) is 10.8. The van der Waals surface area contributed by atoms with Crippen LogP contribution in [0.15, 0.2) is 22.8 Å². The largest absolute Gasteiger partial charge is 0.469 e. The molecule has 1 aliphatic carbocycles. The lowest BCUT2D eigenvalue weighted by molar-refractivity contribution is 0.0613. The third kappa shape index (κ3) is 3.86. The van der Waals surface area contributed by atoms with Gasteiger partial charge in [0, 0.05) is 25.6 Å². The van der Waals surface area contributed by atoms with Crippen molar-refractivity contribution < 1.29 is 9.15 Å². The van der Waals surface area contributed by atoms with Gasteiger partial charge in [-0.05, 0) is 44.7 Å². The molecule has 0 bridgehead atoms. The van der Waals surface area contributed by atoms with Crippen LogP contribution in [0.5, 0.6) is 0 Å². The summed E-state index contributed by atoms with van der Waals surface area (Å²) >= 11 is 0. The Balaban J connectivity index is 1.70. The van der Waals surface area contributed by atoms with E-state index in [4.69, 9.17) is 9.15 Å². The lowest BCUT2D eigenvalue weighted by Crippen LogP contribution is -2.41. The molecule has 1 aliphatic rings. The van der Waals surface area contributed by atoms with Gasteiger partial charge in [0.25, 0.3) is 0 Å². The van der Waals surface area contributed by atoms with Gasteiger partial charge in [-0.1, -0.05) is 0 Å². The van der Waals surface area contributed by atoms with Gasteiger partial charge in [0.2, 0.25) is 0 Å². The Morgan fingerprint density at radius 3 is 2.76 bits per heavy atom. The molecule has 1 heterocycles. The van der Waals surface area contributed by atoms with Crippen molar-refractivity contribution in [3.63, 3.8) is 0 Å². The molecule has 0 radical (unpaired) electrons. The molecule has 0 aliphatic heterocycles. The quantitative estimate of drug-likeness (QED) is 0.855. The Bertz CT molecular complexity index is 302. The molecule has 0 spiro atoms. The van der Waals surface area contributed by atoms with Crippen LogP contribution in [0.25, 0.3) is 0 Å². The molecule has 1 aromatic rings. The van der Waals surface area contributed by atoms with Crippen molar-refractivity contribution in [3.05, 3.63) is 24.2 Å². The maximum absolute atomic E-state index is 5.39. The number of rotatable bonds is 5. The Morgan fingerprint density at radius 1 is 1.41 bits per heavy atom. The number of methoxy groups -OCH3 is 1. The molecule has 1 atom stereocenters. The molecular formula is C14H23NO2. The van der Waals surface area contributed by atoms with Crippen LogP contribution in [0.1, 0.15) is 38.4 Å². The van der Waals surface area contributed by atoms with Crippen molar-refractivity contribution in [3.8, 4) is 0 Å². The maximum atomic E-state index is 5.39. The summed E-state index contributed by atoms with van der Waals surface area (Å²) in [4.78, 5) is 0. The van der Waals surface area contributed by atoms with E-state index in [1.54, 1.807) is 6.26 Å². The number of furan rings is 1. The van der Waals surface area contributed by atoms with Gasteiger partial charge >= 0.3 is 0 Å². The van der Waals surface area contributed by atoms with Crippen molar-refractivity contribution in [2.24, 2.45) is 0 Å². The average Bonchev–Trinajstić information content (AvgIpc) is 2.82. The van der Waals surface area contributed by atoms with Crippen molar-refractivity contribution in [1.29, 1.82) is 0 Å². The Morgan fingerprint density at radius 2 is 2.18 bits per heavy atom. The first-order chi connectivity index (χ1) is 8.28. The van der Waals surface area contributed by atoms with Gasteiger partial charge in [-0.2, -0.15) is 0 Å². The number of hydrogen-bond donors (Lipinski definition) is 1. The normalized spacial score (nSPS) is 26.9. The summed E-state index contributed by atoms with van der Waals surface area (Å²) in [7, 11) is 1.82. The summed E-state index contributed by atoms with van der Waals surface area (Å²) in [5.74, 6) is 1.07. The number of hydrogen-bond acceptors (Lipinski definition) is 3. The van der Waals surface area contributed by atoms with Gasteiger partial charge in [0.15, 0.2) is 0 Å². The van der Waals surface area contributed by atoms with Crippen LogP contribution in [-0.2, 0) is 11.2 Å². The molecule has 1 N–H and O–H groups in total. The monoisotopic (exact) mass is 237 g/mol. The summed E-state index contributed by atoms with van der Waals surface area (Å²) in [6.07, 6.45) is 8.00. The van der Waals surface area contributed by atoms with Gasteiger partial charge in [-0.15, -0.1) is 0 Å². The summed E-state index contributed by atoms with van der Waals surface area (Å²) in [6, 6.07) is 5.11. The van der Waals surface area contributed by atoms with Gasteiger partial charge in [-0.3, -0.25) is 0 Å². The molecule has 1 aromatic heterocycles. The van der Waals surface area contributed by atoms with E-state index >= 15 is 0 Å². The van der Waals surface area contributed by atoms with Crippen LogP contribution in [0.4, 0.5) is 0 Å². The van der Waals surface area contributed by atoms with Crippen LogP contribution in [0, 0.1) is 0 Å². The molecule has 2 rings (SSSR count). The summed E-state index contributed by atoms with van der Waals surface area (Å²) in [6.45, 7) is 2.23. The zero-order valence-electron chi connectivity index (χ0n) is 10.8. The van der Waals surface area contributed by atoms with E-state index < -0.39 is 0 Å². The third-order valence-electron chi connectivity index (χ3n) is 3.62. The van der Waals surface area contributed by atoms with Crippen molar-refractivity contribution >= 4 is 0 Å². The maximum Gasteiger partial charge on any atom is 0.105 e. The molecule has 1 fully saturated rings. The van der Waals surface area contributed by atoms with E-state index in [-0.39, 0.29) is 0 Å². The Labute approximate surface area is 104 Å². The highest BCUT2D eigenvalue weighted by Gasteiger charge is 2.21. The van der Waals surface area contributed by atoms with Gasteiger partial charge < -0.3 is 14.5 Å². The summed E-state index contributed by atoms with van der Waals surface area (Å²) in [5.41, 5.74) is 0. The first kappa shape index (κ1) is 12.7. The second-order valence-corrected chi connectivity index (χ2v) is 5.06. The molecule has 0 aromatic carbocycles. The van der Waals surface area contributed by atoms with E-state index in [2.05, 4.69) is 12.2 Å². The van der Waals surface area contributed by atoms with Gasteiger partial charge in [0.05, 0.1) is 12.4 Å². The number of ether oxygens (including phenoxy) is 1. The van der Waals surface area contributed by atoms with Gasteiger partial charge in [0.1, 0.15) is 5.76 Å². The minimum absolute atomic E-state index is 0.477. The standard InChI is InChI=1S/C14H23NO2/c1-11(10-14-4-3-9-17-14)15-12-5-7-13(16-2)8-6-12/h3-4,9,11-13,15H,5-8,10H2,1-2H3. The first-order valence-corrected chi connectivity index (χ1v) is 6.59. The minimum atomic E-state index is 0.477. The first-order valence-electron chi connectivity index (χ1n) is 6.59. The second kappa shape index (κ2) is 6.22. The van der Waals surface area contributed by atoms with Crippen LogP contribution in [-0.4, -0.2) is 25.3 Å². The molecule has 0 saturated heterocycles. The topological polar surface area (TPSA) is 34.4 Å². The molecule has 3 nitrogen and oxygen atoms in total. The van der Waals surface area contributed by atoms with E-state index in [1.165, 1.54) is 25.7 Å². The highest BCUT2D eigenvalue weighted by molar-refractivity contribution is 5.00. The van der Waals surface area contributed by atoms with Crippen LogP contribution in [0.2, 0.25) is 0 Å². The lowest BCUT2D eigenvalue weighted by Gasteiger charge is -2.30. The molecular weight excluding hydrogens is 214 g/mol. The fourth-order valence-corrected chi connectivity index (χ4v) is 2.66. The summed E-state index contributed by atoms with van der Waals surface area (Å²) in [5, 5.41) is 3.69. The predicted molar refractivity (Wildman–Crippen MR) is 68.1 cm³/mol. The SMILES string of the molecule is COC1CCC(NC(C)Cc2ccco2)CC1. The molecule has 3 heteroatoms. The minimum Gasteiger partial charge on any atom is -0.469 e. The highest BCUT2D eigenvalue weighted by Crippen LogP contribution is 2.21. The third-order valence-corrected chi connectivity index (χ3v) is 3.62. The molecule has 17 heavy (non-hydrogen) atoms. The molecule has 96 valence electrons. The molecule has 1 unspecified atom stereocenters. The second-order valence-electron chi connectivity index (χ2n) is 5.06. The predicted octanol–water partition coefficient (Wildman–Crippen LogP) is 2.76. The highest BCUT2D eigenvalue weighted by atomic mass is 16.5. The van der Waals surface area contributed by atoms with Crippen molar-refractivity contribution in [2.45, 2.75) is 57.2 Å². The smallest absolute Gasteiger partial charge is 0.105 e. The number of nitrogens with one attached hydrogen (secondary N) is 1. The fraction of sp³-hybridized carbons (Fsp3) is 0.714. The van der Waals surface area contributed by atoms with E-state index in [9.17, 15) is 0 Å². The van der Waals surface area contributed by atoms with Crippen LogP contribution < -0.4 is 5.32 Å². The van der Waals surface area contributed by atoms with Crippen molar-refractivity contribution in [1.82, 2.24) is 5.32 Å². The lowest BCUT2D eigenvalue weighted by atomic mass is 9.92. The molecule has 1 saturated carbocycles. The zero-order chi connectivity index (χ0) is 12.1. The fourth-order valence-electron chi connectivity index (χ4n) is 2.66. The average molecular weight is 237 g/mol. The van der Waals surface area contributed by atoms with Crippen LogP contribution in [0.3, 0.4) is 0 Å². The Kier molecular flexibility index (Phi) is 4.63. The van der Waals surface area contributed by atoms with E-state index in [1.807, 2.05) is 19.2 Å². The van der Waals surface area contributed by atoms with Crippen LogP contribution >= 0.6 is 0 Å². The van der Waals surface area contributed by atoms with E-state index in [0.29, 0.717) is 18.2 Å². The van der Waals surface area contributed by atoms with Crippen molar-refractivity contribution in [2.75, 3.05) is 7.11 Å². The van der Waals surface area contributed by atoms with Gasteiger partial charge in [-0.25, -0.2) is 0 Å². The Hall–Kier alpha value is -0.800. The van der Waals surface area contributed by atoms with E-state index in [0.717, 1.165) is 12.2 Å². The summed E-state index contributed by atoms with van der Waals surface area (Å²) < 4.78 is 10.8.